The van der Waals surface area contributed by atoms with Crippen LogP contribution in [-0.4, -0.2) is 51.8 Å². The summed E-state index contributed by atoms with van der Waals surface area (Å²) >= 11 is 6.30. The molecule has 3 heterocycles. The van der Waals surface area contributed by atoms with E-state index in [1.165, 1.54) is 0 Å². The lowest BCUT2D eigenvalue weighted by molar-refractivity contribution is 0.0682. The maximum absolute atomic E-state index is 6.30. The minimum absolute atomic E-state index is 0.524. The first-order valence-electron chi connectivity index (χ1n) is 8.38. The van der Waals surface area contributed by atoms with Gasteiger partial charge in [0.05, 0.1) is 18.9 Å². The molecule has 7 heteroatoms. The largest absolute Gasteiger partial charge is 0.378 e. The van der Waals surface area contributed by atoms with E-state index < -0.39 is 0 Å². The van der Waals surface area contributed by atoms with Crippen LogP contribution in [0.5, 0.6) is 0 Å². The smallest absolute Gasteiger partial charge is 0.159 e. The van der Waals surface area contributed by atoms with Gasteiger partial charge in [-0.1, -0.05) is 18.5 Å². The second-order valence-electron chi connectivity index (χ2n) is 6.02. The number of benzene rings is 1. The molecule has 4 rings (SSSR count). The van der Waals surface area contributed by atoms with Crippen molar-refractivity contribution in [3.8, 4) is 5.69 Å². The fourth-order valence-corrected chi connectivity index (χ4v) is 3.45. The van der Waals surface area contributed by atoms with Crippen LogP contribution < -0.4 is 0 Å². The van der Waals surface area contributed by atoms with Crippen molar-refractivity contribution in [1.29, 1.82) is 0 Å². The first-order valence-corrected chi connectivity index (χ1v) is 8.76. The van der Waals surface area contributed by atoms with E-state index in [1.807, 2.05) is 18.2 Å². The summed E-state index contributed by atoms with van der Waals surface area (Å²) in [6, 6.07) is 5.96. The van der Waals surface area contributed by atoms with Gasteiger partial charge in [-0.3, -0.25) is 9.56 Å². The molecule has 0 N–H and O–H groups in total. The zero-order valence-corrected chi connectivity index (χ0v) is 14.5. The first kappa shape index (κ1) is 15.6. The van der Waals surface area contributed by atoms with Crippen molar-refractivity contribution in [2.45, 2.75) is 26.3 Å². The molecule has 0 radical (unpaired) electrons. The lowest BCUT2D eigenvalue weighted by Crippen LogP contribution is -2.41. The van der Waals surface area contributed by atoms with Crippen LogP contribution in [0.1, 0.15) is 30.6 Å². The number of fused-ring (bicyclic) bond motifs is 3. The lowest BCUT2D eigenvalue weighted by atomic mass is 10.1. The first-order chi connectivity index (χ1) is 11.8. The SMILES string of the molecule is CCCc1nnc2n1-c1ccc(Cl)cc1C(N1CCOCC1)=NC2. The van der Waals surface area contributed by atoms with E-state index in [4.69, 9.17) is 21.3 Å². The monoisotopic (exact) mass is 345 g/mol. The Morgan fingerprint density at radius 3 is 2.83 bits per heavy atom. The number of ether oxygens (including phenoxy) is 1. The van der Waals surface area contributed by atoms with E-state index >= 15 is 0 Å². The van der Waals surface area contributed by atoms with Gasteiger partial charge in [0.15, 0.2) is 5.82 Å². The van der Waals surface area contributed by atoms with E-state index in [0.29, 0.717) is 11.6 Å². The standard InChI is InChI=1S/C17H20ClN5O/c1-2-3-15-20-21-16-11-19-17(22-6-8-24-9-7-22)13-10-12(18)4-5-14(13)23(15)16/h4-5,10H,2-3,6-9,11H2,1H3. The number of aryl methyl sites for hydroxylation is 1. The zero-order valence-electron chi connectivity index (χ0n) is 13.7. The highest BCUT2D eigenvalue weighted by atomic mass is 35.5. The van der Waals surface area contributed by atoms with Crippen LogP contribution in [0.2, 0.25) is 5.02 Å². The van der Waals surface area contributed by atoms with Crippen molar-refractivity contribution in [2.24, 2.45) is 4.99 Å². The van der Waals surface area contributed by atoms with Gasteiger partial charge in [-0.25, -0.2) is 0 Å². The zero-order chi connectivity index (χ0) is 16.5. The quantitative estimate of drug-likeness (QED) is 0.839. The predicted molar refractivity (Wildman–Crippen MR) is 93.0 cm³/mol. The van der Waals surface area contributed by atoms with Gasteiger partial charge in [-0.05, 0) is 24.6 Å². The summed E-state index contributed by atoms with van der Waals surface area (Å²) in [7, 11) is 0. The van der Waals surface area contributed by atoms with Crippen molar-refractivity contribution in [2.75, 3.05) is 26.3 Å². The minimum atomic E-state index is 0.524. The van der Waals surface area contributed by atoms with E-state index in [9.17, 15) is 0 Å². The summed E-state index contributed by atoms with van der Waals surface area (Å²) in [6.45, 7) is 5.80. The van der Waals surface area contributed by atoms with Crippen molar-refractivity contribution in [1.82, 2.24) is 19.7 Å². The fourth-order valence-electron chi connectivity index (χ4n) is 3.28. The number of morpholine rings is 1. The van der Waals surface area contributed by atoms with Gasteiger partial charge in [-0.2, -0.15) is 0 Å². The third-order valence-electron chi connectivity index (χ3n) is 4.39. The summed E-state index contributed by atoms with van der Waals surface area (Å²) < 4.78 is 7.63. The van der Waals surface area contributed by atoms with Gasteiger partial charge in [0.25, 0.3) is 0 Å². The molecular weight excluding hydrogens is 326 g/mol. The van der Waals surface area contributed by atoms with Gasteiger partial charge < -0.3 is 9.64 Å². The van der Waals surface area contributed by atoms with Crippen LogP contribution in [0.25, 0.3) is 5.69 Å². The fraction of sp³-hybridized carbons (Fsp3) is 0.471. The molecule has 2 aliphatic rings. The Hall–Kier alpha value is -1.92. The number of amidine groups is 1. The molecule has 1 fully saturated rings. The number of halogens is 1. The molecule has 0 saturated carbocycles. The maximum Gasteiger partial charge on any atom is 0.159 e. The van der Waals surface area contributed by atoms with Crippen LogP contribution in [-0.2, 0) is 17.7 Å². The molecule has 24 heavy (non-hydrogen) atoms. The second-order valence-corrected chi connectivity index (χ2v) is 6.46. The third-order valence-corrected chi connectivity index (χ3v) is 4.63. The number of rotatable bonds is 2. The third kappa shape index (κ3) is 2.70. The molecule has 1 saturated heterocycles. The Morgan fingerprint density at radius 1 is 1.21 bits per heavy atom. The van der Waals surface area contributed by atoms with Gasteiger partial charge in [0.2, 0.25) is 0 Å². The molecule has 0 spiro atoms. The molecule has 0 amide bonds. The summed E-state index contributed by atoms with van der Waals surface area (Å²) in [6.07, 6.45) is 1.92. The average Bonchev–Trinajstić information content (AvgIpc) is 2.92. The van der Waals surface area contributed by atoms with Crippen molar-refractivity contribution >= 4 is 17.4 Å². The number of aliphatic imine (C=N–C) groups is 1. The normalized spacial score (nSPS) is 17.1. The molecule has 1 aromatic heterocycles. The topological polar surface area (TPSA) is 55.5 Å². The van der Waals surface area contributed by atoms with Crippen molar-refractivity contribution < 1.29 is 4.74 Å². The summed E-state index contributed by atoms with van der Waals surface area (Å²) in [4.78, 5) is 7.12. The van der Waals surface area contributed by atoms with E-state index in [1.54, 1.807) is 0 Å². The molecule has 126 valence electrons. The number of nitrogens with zero attached hydrogens (tertiary/aromatic N) is 5. The number of aromatic nitrogens is 3. The van der Waals surface area contributed by atoms with Gasteiger partial charge in [0, 0.05) is 30.1 Å². The second kappa shape index (κ2) is 6.53. The Bertz CT molecular complexity index is 779. The highest BCUT2D eigenvalue weighted by molar-refractivity contribution is 6.31. The number of hydrogen-bond donors (Lipinski definition) is 0. The number of hydrogen-bond acceptors (Lipinski definition) is 5. The minimum Gasteiger partial charge on any atom is -0.378 e. The van der Waals surface area contributed by atoms with Gasteiger partial charge >= 0.3 is 0 Å². The Morgan fingerprint density at radius 2 is 2.04 bits per heavy atom. The summed E-state index contributed by atoms with van der Waals surface area (Å²) in [5.74, 6) is 2.84. The molecule has 6 nitrogen and oxygen atoms in total. The van der Waals surface area contributed by atoms with Crippen LogP contribution in [0.4, 0.5) is 0 Å². The van der Waals surface area contributed by atoms with Crippen molar-refractivity contribution in [3.05, 3.63) is 40.4 Å². The van der Waals surface area contributed by atoms with Crippen LogP contribution in [0, 0.1) is 0 Å². The molecular formula is C17H20ClN5O. The van der Waals surface area contributed by atoms with E-state index in [0.717, 1.165) is 67.9 Å². The Kier molecular flexibility index (Phi) is 4.24. The van der Waals surface area contributed by atoms with Crippen LogP contribution in [0.15, 0.2) is 23.2 Å². The van der Waals surface area contributed by atoms with Crippen LogP contribution >= 0.6 is 11.6 Å². The predicted octanol–water partition coefficient (Wildman–Crippen LogP) is 2.47. The maximum atomic E-state index is 6.30. The Labute approximate surface area is 146 Å². The van der Waals surface area contributed by atoms with E-state index in [-0.39, 0.29) is 0 Å². The Balaban J connectivity index is 1.85. The molecule has 2 aliphatic heterocycles. The van der Waals surface area contributed by atoms with Gasteiger partial charge in [-0.15, -0.1) is 10.2 Å². The summed E-state index contributed by atoms with van der Waals surface area (Å²) in [5, 5.41) is 9.44. The molecule has 1 aromatic carbocycles. The average molecular weight is 346 g/mol. The highest BCUT2D eigenvalue weighted by Crippen LogP contribution is 2.27. The highest BCUT2D eigenvalue weighted by Gasteiger charge is 2.26. The molecule has 2 aromatic rings. The lowest BCUT2D eigenvalue weighted by Gasteiger charge is -2.30. The molecule has 0 atom stereocenters. The van der Waals surface area contributed by atoms with Gasteiger partial charge in [0.1, 0.15) is 18.2 Å². The van der Waals surface area contributed by atoms with E-state index in [2.05, 4.69) is 26.6 Å². The van der Waals surface area contributed by atoms with Crippen LogP contribution in [0.3, 0.4) is 0 Å². The summed E-state index contributed by atoms with van der Waals surface area (Å²) in [5.41, 5.74) is 2.10. The molecule has 0 aliphatic carbocycles. The molecule has 0 unspecified atom stereocenters. The van der Waals surface area contributed by atoms with Crippen molar-refractivity contribution in [3.63, 3.8) is 0 Å². The molecule has 0 bridgehead atoms.